The van der Waals surface area contributed by atoms with Crippen LogP contribution in [0.25, 0.3) is 5.69 Å². The number of fused-ring (bicyclic) bond motifs is 1. The molecule has 3 aromatic carbocycles. The highest BCUT2D eigenvalue weighted by atomic mass is 19.4. The minimum Gasteiger partial charge on any atom is -0.339 e. The van der Waals surface area contributed by atoms with Crippen LogP contribution in [0.4, 0.5) is 23.4 Å². The summed E-state index contributed by atoms with van der Waals surface area (Å²) in [4.78, 5) is 44.6. The van der Waals surface area contributed by atoms with Crippen molar-refractivity contribution in [1.29, 1.82) is 5.26 Å². The number of anilines is 1. The smallest absolute Gasteiger partial charge is 0.339 e. The van der Waals surface area contributed by atoms with Crippen LogP contribution in [-0.4, -0.2) is 57.6 Å². The number of nitrogens with zero attached hydrogens (tertiary/aromatic N) is 5. The minimum absolute atomic E-state index is 0.0719. The van der Waals surface area contributed by atoms with Crippen molar-refractivity contribution < 1.29 is 31.9 Å². The van der Waals surface area contributed by atoms with Gasteiger partial charge in [0.15, 0.2) is 5.69 Å². The lowest BCUT2D eigenvalue weighted by Gasteiger charge is -2.39. The molecule has 13 heteroatoms. The Labute approximate surface area is 260 Å². The number of halogens is 4. The quantitative estimate of drug-likeness (QED) is 0.300. The standard InChI is InChI=1S/C33H26F4N6O3/c1-2-41-30-26(28(32(46)42-16-15-24(42)18-38)40-43(30)23-9-4-3-5-10-23)25(19-11-13-22(34)14-12-19)27(31(41)45)39-29(44)20-7-6-8-21(17-20)33(35,36)37/h3-14,17,24-25,27H,2,15-16H2,1H3,(H,39,44)/t24-,25-,27-/m0/s1. The van der Waals surface area contributed by atoms with Crippen molar-refractivity contribution >= 4 is 23.5 Å². The first-order valence-corrected chi connectivity index (χ1v) is 14.5. The zero-order valence-electron chi connectivity index (χ0n) is 24.3. The number of benzene rings is 3. The molecule has 0 spiro atoms. The summed E-state index contributed by atoms with van der Waals surface area (Å²) in [7, 11) is 0. The van der Waals surface area contributed by atoms with Crippen LogP contribution >= 0.6 is 0 Å². The molecule has 0 unspecified atom stereocenters. The molecule has 3 amide bonds. The number of likely N-dealkylation sites (N-methyl/N-ethyl adjacent to an activating group) is 1. The van der Waals surface area contributed by atoms with Crippen molar-refractivity contribution in [2.45, 2.75) is 37.5 Å². The molecular formula is C33H26F4N6O3. The number of nitrogens with one attached hydrogen (secondary N) is 1. The molecular weight excluding hydrogens is 604 g/mol. The molecule has 1 fully saturated rings. The number of aromatic nitrogens is 2. The summed E-state index contributed by atoms with van der Waals surface area (Å²) < 4.78 is 56.0. The summed E-state index contributed by atoms with van der Waals surface area (Å²) in [5, 5.41) is 16.9. The van der Waals surface area contributed by atoms with Gasteiger partial charge in [0.05, 0.1) is 17.3 Å². The van der Waals surface area contributed by atoms with Crippen LogP contribution in [-0.2, 0) is 11.0 Å². The highest BCUT2D eigenvalue weighted by Gasteiger charge is 2.48. The van der Waals surface area contributed by atoms with Gasteiger partial charge in [-0.3, -0.25) is 19.3 Å². The van der Waals surface area contributed by atoms with E-state index in [2.05, 4.69) is 16.5 Å². The summed E-state index contributed by atoms with van der Waals surface area (Å²) in [6.45, 7) is 2.07. The third-order valence-corrected chi connectivity index (χ3v) is 8.25. The molecule has 234 valence electrons. The van der Waals surface area contributed by atoms with Crippen LogP contribution < -0.4 is 10.2 Å². The molecule has 2 aliphatic heterocycles. The number of carbonyl (C=O) groups is 3. The van der Waals surface area contributed by atoms with Gasteiger partial charge in [0.2, 0.25) is 0 Å². The van der Waals surface area contributed by atoms with Gasteiger partial charge in [-0.15, -0.1) is 0 Å². The summed E-state index contributed by atoms with van der Waals surface area (Å²) in [5.41, 5.74) is -0.321. The van der Waals surface area contributed by atoms with Crippen molar-refractivity contribution in [3.05, 3.63) is 113 Å². The minimum atomic E-state index is -4.71. The van der Waals surface area contributed by atoms with Gasteiger partial charge >= 0.3 is 6.18 Å². The normalized spacial score (nSPS) is 19.2. The van der Waals surface area contributed by atoms with Crippen LogP contribution in [0.5, 0.6) is 0 Å². The molecule has 0 radical (unpaired) electrons. The van der Waals surface area contributed by atoms with Gasteiger partial charge in [-0.1, -0.05) is 36.4 Å². The molecule has 0 aliphatic carbocycles. The fraction of sp³-hybridized carbons (Fsp3) is 0.242. The second kappa shape index (κ2) is 11.8. The second-order valence-corrected chi connectivity index (χ2v) is 10.9. The van der Waals surface area contributed by atoms with Crippen LogP contribution in [0.1, 0.15) is 56.8 Å². The molecule has 46 heavy (non-hydrogen) atoms. The predicted molar refractivity (Wildman–Crippen MR) is 158 cm³/mol. The van der Waals surface area contributed by atoms with Crippen molar-refractivity contribution in [2.24, 2.45) is 0 Å². The number of alkyl halides is 3. The zero-order chi connectivity index (χ0) is 32.7. The monoisotopic (exact) mass is 630 g/mol. The first kappa shape index (κ1) is 30.5. The third kappa shape index (κ3) is 5.25. The van der Waals surface area contributed by atoms with Crippen molar-refractivity contribution in [3.63, 3.8) is 0 Å². The summed E-state index contributed by atoms with van der Waals surface area (Å²) in [5.74, 6) is -3.57. The van der Waals surface area contributed by atoms with E-state index in [4.69, 9.17) is 0 Å². The van der Waals surface area contributed by atoms with Crippen LogP contribution in [0, 0.1) is 17.1 Å². The highest BCUT2D eigenvalue weighted by Crippen LogP contribution is 2.44. The number of likely N-dealkylation sites (tertiary alicyclic amines) is 1. The van der Waals surface area contributed by atoms with E-state index in [1.807, 2.05) is 0 Å². The van der Waals surface area contributed by atoms with E-state index in [1.54, 1.807) is 37.3 Å². The van der Waals surface area contributed by atoms with E-state index in [0.717, 1.165) is 12.1 Å². The Bertz CT molecular complexity index is 1870. The summed E-state index contributed by atoms with van der Waals surface area (Å²) in [6, 6.07) is 17.7. The van der Waals surface area contributed by atoms with Gasteiger partial charge in [-0.25, -0.2) is 9.07 Å². The number of hydrogen-bond acceptors (Lipinski definition) is 5. The molecule has 0 bridgehead atoms. The average molecular weight is 631 g/mol. The van der Waals surface area contributed by atoms with Gasteiger partial charge in [0.1, 0.15) is 23.7 Å². The Morgan fingerprint density at radius 1 is 1.04 bits per heavy atom. The van der Waals surface area contributed by atoms with E-state index in [9.17, 15) is 37.2 Å². The lowest BCUT2D eigenvalue weighted by Crippen LogP contribution is -2.56. The highest BCUT2D eigenvalue weighted by molar-refractivity contribution is 6.07. The molecule has 6 rings (SSSR count). The number of hydrogen-bond donors (Lipinski definition) is 1. The van der Waals surface area contributed by atoms with E-state index in [-0.39, 0.29) is 29.2 Å². The van der Waals surface area contributed by atoms with E-state index >= 15 is 0 Å². The van der Waals surface area contributed by atoms with Gasteiger partial charge in [-0.05, 0) is 61.4 Å². The Hall–Kier alpha value is -5.51. The fourth-order valence-corrected chi connectivity index (χ4v) is 5.90. The summed E-state index contributed by atoms with van der Waals surface area (Å²) in [6.07, 6.45) is -4.23. The maximum Gasteiger partial charge on any atom is 0.416 e. The molecule has 1 saturated heterocycles. The molecule has 3 heterocycles. The molecule has 2 aliphatic rings. The maximum atomic E-state index is 14.3. The van der Waals surface area contributed by atoms with Gasteiger partial charge in [0.25, 0.3) is 17.7 Å². The second-order valence-electron chi connectivity index (χ2n) is 10.9. The molecule has 3 atom stereocenters. The number of carbonyl (C=O) groups excluding carboxylic acids is 3. The maximum absolute atomic E-state index is 14.3. The third-order valence-electron chi connectivity index (χ3n) is 8.25. The van der Waals surface area contributed by atoms with E-state index < -0.39 is 53.3 Å². The van der Waals surface area contributed by atoms with E-state index in [1.165, 1.54) is 44.8 Å². The topological polar surface area (TPSA) is 111 Å². The first-order valence-electron chi connectivity index (χ1n) is 14.5. The Morgan fingerprint density at radius 3 is 2.37 bits per heavy atom. The molecule has 0 saturated carbocycles. The van der Waals surface area contributed by atoms with Crippen molar-refractivity contribution in [1.82, 2.24) is 20.0 Å². The van der Waals surface area contributed by atoms with Gasteiger partial charge < -0.3 is 10.2 Å². The van der Waals surface area contributed by atoms with Crippen molar-refractivity contribution in [2.75, 3.05) is 18.0 Å². The van der Waals surface area contributed by atoms with Gasteiger partial charge in [-0.2, -0.15) is 23.5 Å². The zero-order valence-corrected chi connectivity index (χ0v) is 24.3. The summed E-state index contributed by atoms with van der Waals surface area (Å²) >= 11 is 0. The number of para-hydroxylation sites is 1. The number of rotatable bonds is 6. The van der Waals surface area contributed by atoms with Crippen LogP contribution in [0.2, 0.25) is 0 Å². The average Bonchev–Trinajstić information content (AvgIpc) is 3.42. The van der Waals surface area contributed by atoms with Gasteiger partial charge in [0, 0.05) is 30.1 Å². The Balaban J connectivity index is 1.56. The SMILES string of the molecule is CCN1C(=O)[C@@H](NC(=O)c2cccc(C(F)(F)F)c2)[C@@H](c2ccc(F)cc2)c2c(C(=O)N3CC[C@H]3C#N)nn(-c3ccccc3)c21. The Kier molecular flexibility index (Phi) is 7.81. The molecule has 1 N–H and O–H groups in total. The molecule has 4 aromatic rings. The van der Waals surface area contributed by atoms with Crippen molar-refractivity contribution in [3.8, 4) is 11.8 Å². The lowest BCUT2D eigenvalue weighted by molar-refractivity contribution is -0.137. The fourth-order valence-electron chi connectivity index (χ4n) is 5.90. The lowest BCUT2D eigenvalue weighted by atomic mass is 9.80. The number of amides is 3. The first-order chi connectivity index (χ1) is 22.0. The van der Waals surface area contributed by atoms with Crippen LogP contribution in [0.3, 0.4) is 0 Å². The predicted octanol–water partition coefficient (Wildman–Crippen LogP) is 5.07. The molecule has 1 aromatic heterocycles. The largest absolute Gasteiger partial charge is 0.416 e. The van der Waals surface area contributed by atoms with Crippen LogP contribution in [0.15, 0.2) is 78.9 Å². The Morgan fingerprint density at radius 2 is 1.76 bits per heavy atom. The van der Waals surface area contributed by atoms with E-state index in [0.29, 0.717) is 30.3 Å². The number of nitriles is 1. The molecule has 9 nitrogen and oxygen atoms in total.